The van der Waals surface area contributed by atoms with Crippen LogP contribution in [-0.4, -0.2) is 20.0 Å². The van der Waals surface area contributed by atoms with Gasteiger partial charge in [-0.05, 0) is 41.2 Å². The third-order valence-corrected chi connectivity index (χ3v) is 3.43. The normalized spacial score (nSPS) is 10.0. The van der Waals surface area contributed by atoms with Crippen LogP contribution in [0.25, 0.3) is 0 Å². The average molecular weight is 277 g/mol. The molecule has 1 aromatic rings. The molecule has 4 heteroatoms. The molecule has 1 rings (SSSR count). The number of ether oxygens (including phenoxy) is 2. The van der Waals surface area contributed by atoms with Crippen LogP contribution in [0.5, 0.6) is 11.5 Å². The Morgan fingerprint density at radius 1 is 1.36 bits per heavy atom. The Hall–Kier alpha value is -0.350. The number of hydrogen-bond acceptors (Lipinski definition) is 3. The fourth-order valence-corrected chi connectivity index (χ4v) is 2.39. The predicted octanol–water partition coefficient (Wildman–Crippen LogP) is 3.58. The summed E-state index contributed by atoms with van der Waals surface area (Å²) in [4.78, 5) is 1.15. The van der Waals surface area contributed by atoms with Crippen molar-refractivity contribution in [1.29, 1.82) is 0 Å². The third kappa shape index (κ3) is 2.58. The van der Waals surface area contributed by atoms with Gasteiger partial charge in [-0.1, -0.05) is 0 Å². The van der Waals surface area contributed by atoms with E-state index < -0.39 is 0 Å². The smallest absolute Gasteiger partial charge is 0.162 e. The largest absolute Gasteiger partial charge is 0.493 e. The van der Waals surface area contributed by atoms with Gasteiger partial charge in [-0.15, -0.1) is 11.8 Å². The molecular formula is C10H13BrO2S. The van der Waals surface area contributed by atoms with E-state index in [4.69, 9.17) is 9.47 Å². The topological polar surface area (TPSA) is 18.5 Å². The molecule has 0 aliphatic rings. The number of rotatable bonds is 4. The molecule has 0 bridgehead atoms. The molecule has 0 radical (unpaired) electrons. The Morgan fingerprint density at radius 3 is 2.57 bits per heavy atom. The maximum atomic E-state index is 5.47. The first kappa shape index (κ1) is 11.7. The minimum atomic E-state index is 0.645. The van der Waals surface area contributed by atoms with Crippen molar-refractivity contribution in [2.24, 2.45) is 0 Å². The van der Waals surface area contributed by atoms with Crippen molar-refractivity contribution in [1.82, 2.24) is 0 Å². The number of methoxy groups -OCH3 is 1. The molecule has 1 aromatic carbocycles. The SMILES string of the molecule is CCOc1cc(SC)c(Br)cc1OC. The van der Waals surface area contributed by atoms with Gasteiger partial charge in [0, 0.05) is 9.37 Å². The predicted molar refractivity (Wildman–Crippen MR) is 63.6 cm³/mol. The van der Waals surface area contributed by atoms with Crippen LogP contribution < -0.4 is 9.47 Å². The highest BCUT2D eigenvalue weighted by atomic mass is 79.9. The second-order valence-corrected chi connectivity index (χ2v) is 4.27. The van der Waals surface area contributed by atoms with E-state index in [9.17, 15) is 0 Å². The van der Waals surface area contributed by atoms with Gasteiger partial charge in [-0.25, -0.2) is 0 Å². The molecule has 0 aliphatic carbocycles. The van der Waals surface area contributed by atoms with Gasteiger partial charge in [0.1, 0.15) is 0 Å². The van der Waals surface area contributed by atoms with Gasteiger partial charge in [0.25, 0.3) is 0 Å². The van der Waals surface area contributed by atoms with Crippen LogP contribution in [0.4, 0.5) is 0 Å². The lowest BCUT2D eigenvalue weighted by Crippen LogP contribution is -1.95. The summed E-state index contributed by atoms with van der Waals surface area (Å²) >= 11 is 5.15. The maximum absolute atomic E-state index is 5.47. The molecule has 0 amide bonds. The highest BCUT2D eigenvalue weighted by molar-refractivity contribution is 9.10. The van der Waals surface area contributed by atoms with Crippen LogP contribution in [0.3, 0.4) is 0 Å². The van der Waals surface area contributed by atoms with Gasteiger partial charge in [-0.3, -0.25) is 0 Å². The van der Waals surface area contributed by atoms with E-state index in [0.29, 0.717) is 6.61 Å². The van der Waals surface area contributed by atoms with Gasteiger partial charge in [0.05, 0.1) is 13.7 Å². The molecule has 0 aliphatic heterocycles. The van der Waals surface area contributed by atoms with Crippen molar-refractivity contribution in [3.8, 4) is 11.5 Å². The van der Waals surface area contributed by atoms with E-state index in [1.165, 1.54) is 0 Å². The first-order chi connectivity index (χ1) is 6.72. The summed E-state index contributed by atoms with van der Waals surface area (Å²) in [6.45, 7) is 2.60. The Balaban J connectivity index is 3.11. The van der Waals surface area contributed by atoms with Crippen molar-refractivity contribution in [2.45, 2.75) is 11.8 Å². The summed E-state index contributed by atoms with van der Waals surface area (Å²) < 4.78 is 11.7. The molecule has 2 nitrogen and oxygen atoms in total. The van der Waals surface area contributed by atoms with Gasteiger partial charge in [0.2, 0.25) is 0 Å². The first-order valence-electron chi connectivity index (χ1n) is 4.27. The Morgan fingerprint density at radius 2 is 2.07 bits per heavy atom. The lowest BCUT2D eigenvalue weighted by atomic mass is 10.3. The first-order valence-corrected chi connectivity index (χ1v) is 6.29. The second-order valence-electron chi connectivity index (χ2n) is 2.57. The summed E-state index contributed by atoms with van der Waals surface area (Å²) in [6.07, 6.45) is 2.03. The van der Waals surface area contributed by atoms with E-state index in [2.05, 4.69) is 15.9 Å². The molecule has 78 valence electrons. The van der Waals surface area contributed by atoms with Gasteiger partial charge >= 0.3 is 0 Å². The molecule has 0 saturated heterocycles. The standard InChI is InChI=1S/C10H13BrO2S/c1-4-13-9-6-10(14-3)7(11)5-8(9)12-2/h5-6H,4H2,1-3H3. The molecule has 0 unspecified atom stereocenters. The molecule has 14 heavy (non-hydrogen) atoms. The van der Waals surface area contributed by atoms with Crippen molar-refractivity contribution < 1.29 is 9.47 Å². The fraction of sp³-hybridized carbons (Fsp3) is 0.400. The molecule has 0 N–H and O–H groups in total. The molecule has 0 spiro atoms. The van der Waals surface area contributed by atoms with Crippen LogP contribution in [0.15, 0.2) is 21.5 Å². The Bertz CT molecular complexity index is 315. The highest BCUT2D eigenvalue weighted by Gasteiger charge is 2.08. The molecular weight excluding hydrogens is 264 g/mol. The van der Waals surface area contributed by atoms with Crippen molar-refractivity contribution in [3.63, 3.8) is 0 Å². The minimum absolute atomic E-state index is 0.645. The number of halogens is 1. The van der Waals surface area contributed by atoms with Crippen LogP contribution in [-0.2, 0) is 0 Å². The van der Waals surface area contributed by atoms with Gasteiger partial charge < -0.3 is 9.47 Å². The molecule has 0 aromatic heterocycles. The van der Waals surface area contributed by atoms with Crippen molar-refractivity contribution >= 4 is 27.7 Å². The van der Waals surface area contributed by atoms with Crippen molar-refractivity contribution in [3.05, 3.63) is 16.6 Å². The zero-order valence-electron chi connectivity index (χ0n) is 8.46. The zero-order valence-corrected chi connectivity index (χ0v) is 10.9. The van der Waals surface area contributed by atoms with E-state index >= 15 is 0 Å². The Labute approximate surface area is 97.1 Å². The maximum Gasteiger partial charge on any atom is 0.162 e. The molecule has 0 fully saturated rings. The Kier molecular flexibility index (Phi) is 4.62. The summed E-state index contributed by atoms with van der Waals surface area (Å²) in [5.74, 6) is 1.55. The summed E-state index contributed by atoms with van der Waals surface area (Å²) in [7, 11) is 1.64. The lowest BCUT2D eigenvalue weighted by molar-refractivity contribution is 0.310. The zero-order chi connectivity index (χ0) is 10.6. The van der Waals surface area contributed by atoms with E-state index in [1.54, 1.807) is 18.9 Å². The van der Waals surface area contributed by atoms with Gasteiger partial charge in [-0.2, -0.15) is 0 Å². The molecule has 0 atom stereocenters. The summed E-state index contributed by atoms with van der Waals surface area (Å²) in [5, 5.41) is 0. The number of benzene rings is 1. The molecule has 0 saturated carbocycles. The summed E-state index contributed by atoms with van der Waals surface area (Å²) in [6, 6.07) is 3.91. The van der Waals surface area contributed by atoms with E-state index in [0.717, 1.165) is 20.9 Å². The monoisotopic (exact) mass is 276 g/mol. The molecule has 0 heterocycles. The van der Waals surface area contributed by atoms with Crippen LogP contribution in [0.1, 0.15) is 6.92 Å². The highest BCUT2D eigenvalue weighted by Crippen LogP contribution is 2.37. The quantitative estimate of drug-likeness (QED) is 0.784. The lowest BCUT2D eigenvalue weighted by Gasteiger charge is -2.11. The number of thioether (sulfide) groups is 1. The summed E-state index contributed by atoms with van der Waals surface area (Å²) in [5.41, 5.74) is 0. The third-order valence-electron chi connectivity index (χ3n) is 1.74. The van der Waals surface area contributed by atoms with Gasteiger partial charge in [0.15, 0.2) is 11.5 Å². The van der Waals surface area contributed by atoms with Crippen molar-refractivity contribution in [2.75, 3.05) is 20.0 Å². The average Bonchev–Trinajstić information content (AvgIpc) is 2.20. The van der Waals surface area contributed by atoms with Crippen LogP contribution in [0, 0.1) is 0 Å². The van der Waals surface area contributed by atoms with E-state index in [1.807, 2.05) is 25.3 Å². The number of hydrogen-bond donors (Lipinski definition) is 0. The van der Waals surface area contributed by atoms with Crippen LogP contribution in [0.2, 0.25) is 0 Å². The second kappa shape index (κ2) is 5.51. The van der Waals surface area contributed by atoms with E-state index in [-0.39, 0.29) is 0 Å². The minimum Gasteiger partial charge on any atom is -0.493 e. The van der Waals surface area contributed by atoms with Crippen LogP contribution >= 0.6 is 27.7 Å². The fourth-order valence-electron chi connectivity index (χ4n) is 1.10.